The highest BCUT2D eigenvalue weighted by Crippen LogP contribution is 2.02. The van der Waals surface area contributed by atoms with Crippen molar-refractivity contribution in [2.45, 2.75) is 32.9 Å². The van der Waals surface area contributed by atoms with Crippen LogP contribution in [0.1, 0.15) is 26.0 Å². The number of carbonyl (C=O) groups is 1. The van der Waals surface area contributed by atoms with Crippen LogP contribution >= 0.6 is 0 Å². The summed E-state index contributed by atoms with van der Waals surface area (Å²) in [6.07, 6.45) is 2.01. The molecule has 0 aliphatic heterocycles. The zero-order chi connectivity index (χ0) is 13.4. The molecule has 1 atom stereocenters. The van der Waals surface area contributed by atoms with Gasteiger partial charge in [-0.05, 0) is 25.6 Å². The monoisotopic (exact) mass is 249 g/mol. The second-order valence-corrected chi connectivity index (χ2v) is 4.01. The number of nitrogens with zero attached hydrogens (tertiary/aromatic N) is 2. The lowest BCUT2D eigenvalue weighted by Crippen LogP contribution is -2.45. The van der Waals surface area contributed by atoms with E-state index >= 15 is 0 Å². The van der Waals surface area contributed by atoms with E-state index in [-0.39, 0.29) is 11.9 Å². The minimum absolute atomic E-state index is 0.0498. The predicted molar refractivity (Wildman–Crippen MR) is 67.5 cm³/mol. The molecule has 1 aromatic heterocycles. The molecule has 0 saturated heterocycles. The van der Waals surface area contributed by atoms with Crippen molar-refractivity contribution in [1.82, 2.24) is 10.2 Å². The Morgan fingerprint density at radius 3 is 3.00 bits per heavy atom. The van der Waals surface area contributed by atoms with Crippen LogP contribution < -0.4 is 5.32 Å². The van der Waals surface area contributed by atoms with Crippen LogP contribution in [0.15, 0.2) is 22.8 Å². The summed E-state index contributed by atoms with van der Waals surface area (Å²) in [5.74, 6) is 0.682. The molecule has 0 radical (unpaired) electrons. The number of hydrogen-bond donors (Lipinski definition) is 1. The highest BCUT2D eigenvalue weighted by molar-refractivity contribution is 5.81. The predicted octanol–water partition coefficient (Wildman–Crippen LogP) is 1.52. The highest BCUT2D eigenvalue weighted by Gasteiger charge is 2.19. The van der Waals surface area contributed by atoms with Gasteiger partial charge < -0.3 is 9.73 Å². The van der Waals surface area contributed by atoms with Crippen LogP contribution in [0.2, 0.25) is 0 Å². The molecule has 0 spiro atoms. The first-order chi connectivity index (χ1) is 8.69. The lowest BCUT2D eigenvalue weighted by Gasteiger charge is -2.25. The van der Waals surface area contributed by atoms with Crippen LogP contribution in [0.4, 0.5) is 0 Å². The van der Waals surface area contributed by atoms with Gasteiger partial charge in [0.05, 0.1) is 24.9 Å². The van der Waals surface area contributed by atoms with Gasteiger partial charge in [-0.3, -0.25) is 9.69 Å². The van der Waals surface area contributed by atoms with Crippen LogP contribution in [-0.2, 0) is 11.3 Å². The Kier molecular flexibility index (Phi) is 5.95. The molecule has 0 aliphatic carbocycles. The molecule has 5 heteroatoms. The Bertz CT molecular complexity index is 395. The van der Waals surface area contributed by atoms with Gasteiger partial charge in [0, 0.05) is 13.0 Å². The van der Waals surface area contributed by atoms with Crippen molar-refractivity contribution in [3.63, 3.8) is 0 Å². The van der Waals surface area contributed by atoms with Crippen LogP contribution in [0.5, 0.6) is 0 Å². The van der Waals surface area contributed by atoms with E-state index in [0.29, 0.717) is 19.5 Å². The Labute approximate surface area is 107 Å². The molecule has 1 heterocycles. The van der Waals surface area contributed by atoms with Gasteiger partial charge in [-0.1, -0.05) is 6.92 Å². The summed E-state index contributed by atoms with van der Waals surface area (Å²) in [4.78, 5) is 13.9. The third kappa shape index (κ3) is 4.22. The van der Waals surface area contributed by atoms with E-state index in [1.165, 1.54) is 0 Å². The van der Waals surface area contributed by atoms with Gasteiger partial charge in [0.15, 0.2) is 0 Å². The van der Waals surface area contributed by atoms with E-state index in [9.17, 15) is 4.79 Å². The van der Waals surface area contributed by atoms with Crippen molar-refractivity contribution in [2.75, 3.05) is 13.1 Å². The third-order valence-electron chi connectivity index (χ3n) is 2.86. The fourth-order valence-electron chi connectivity index (χ4n) is 1.72. The van der Waals surface area contributed by atoms with Gasteiger partial charge >= 0.3 is 0 Å². The van der Waals surface area contributed by atoms with Crippen molar-refractivity contribution >= 4 is 5.91 Å². The molecule has 18 heavy (non-hydrogen) atoms. The standard InChI is InChI=1S/C13H19N3O2/c1-3-16(8-5-7-14)11(2)13(17)15-10-12-6-4-9-18-12/h4,6,9,11H,3,5,8,10H2,1-2H3,(H,15,17). The molecule has 0 bridgehead atoms. The van der Waals surface area contributed by atoms with Gasteiger partial charge in [0.1, 0.15) is 5.76 Å². The lowest BCUT2D eigenvalue weighted by molar-refractivity contribution is -0.126. The van der Waals surface area contributed by atoms with E-state index in [1.807, 2.05) is 24.8 Å². The molecular weight excluding hydrogens is 230 g/mol. The van der Waals surface area contributed by atoms with E-state index < -0.39 is 0 Å². The largest absolute Gasteiger partial charge is 0.467 e. The Morgan fingerprint density at radius 1 is 1.67 bits per heavy atom. The van der Waals surface area contributed by atoms with Crippen molar-refractivity contribution in [2.24, 2.45) is 0 Å². The molecule has 1 unspecified atom stereocenters. The van der Waals surface area contributed by atoms with Gasteiger partial charge in [-0.25, -0.2) is 0 Å². The highest BCUT2D eigenvalue weighted by atomic mass is 16.3. The molecule has 98 valence electrons. The van der Waals surface area contributed by atoms with Gasteiger partial charge in [0.25, 0.3) is 0 Å². The summed E-state index contributed by atoms with van der Waals surface area (Å²) in [6, 6.07) is 5.46. The molecule has 0 aliphatic rings. The minimum atomic E-state index is -0.238. The van der Waals surface area contributed by atoms with Gasteiger partial charge in [-0.2, -0.15) is 5.26 Å². The topological polar surface area (TPSA) is 69.3 Å². The molecule has 5 nitrogen and oxygen atoms in total. The van der Waals surface area contributed by atoms with Crippen molar-refractivity contribution in [3.05, 3.63) is 24.2 Å². The number of amides is 1. The maximum atomic E-state index is 11.9. The van der Waals surface area contributed by atoms with Crippen LogP contribution in [0.3, 0.4) is 0 Å². The third-order valence-corrected chi connectivity index (χ3v) is 2.86. The first-order valence-corrected chi connectivity index (χ1v) is 6.10. The van der Waals surface area contributed by atoms with E-state index in [2.05, 4.69) is 11.4 Å². The number of nitrogens with one attached hydrogen (secondary N) is 1. The van der Waals surface area contributed by atoms with E-state index in [4.69, 9.17) is 9.68 Å². The Balaban J connectivity index is 2.41. The van der Waals surface area contributed by atoms with E-state index in [1.54, 1.807) is 12.3 Å². The number of carbonyl (C=O) groups excluding carboxylic acids is 1. The second kappa shape index (κ2) is 7.51. The summed E-state index contributed by atoms with van der Waals surface area (Å²) >= 11 is 0. The number of nitriles is 1. The maximum Gasteiger partial charge on any atom is 0.237 e. The second-order valence-electron chi connectivity index (χ2n) is 4.01. The van der Waals surface area contributed by atoms with Gasteiger partial charge in [-0.15, -0.1) is 0 Å². The zero-order valence-electron chi connectivity index (χ0n) is 10.8. The Morgan fingerprint density at radius 2 is 2.44 bits per heavy atom. The Hall–Kier alpha value is -1.80. The summed E-state index contributed by atoms with van der Waals surface area (Å²) in [5, 5.41) is 11.4. The number of furan rings is 1. The number of hydrogen-bond acceptors (Lipinski definition) is 4. The normalized spacial score (nSPS) is 12.1. The summed E-state index contributed by atoms with van der Waals surface area (Å²) in [7, 11) is 0. The van der Waals surface area contributed by atoms with Crippen molar-refractivity contribution < 1.29 is 9.21 Å². The van der Waals surface area contributed by atoms with Crippen LogP contribution in [-0.4, -0.2) is 29.9 Å². The fourth-order valence-corrected chi connectivity index (χ4v) is 1.72. The molecule has 0 fully saturated rings. The van der Waals surface area contributed by atoms with Crippen molar-refractivity contribution in [3.8, 4) is 6.07 Å². The fraction of sp³-hybridized carbons (Fsp3) is 0.538. The molecule has 1 aromatic rings. The number of rotatable bonds is 7. The summed E-state index contributed by atoms with van der Waals surface area (Å²) in [5.41, 5.74) is 0. The van der Waals surface area contributed by atoms with E-state index in [0.717, 1.165) is 12.3 Å². The zero-order valence-corrected chi connectivity index (χ0v) is 10.8. The maximum absolute atomic E-state index is 11.9. The summed E-state index contributed by atoms with van der Waals surface area (Å²) < 4.78 is 5.14. The molecule has 1 N–H and O–H groups in total. The molecule has 1 rings (SSSR count). The number of likely N-dealkylation sites (N-methyl/N-ethyl adjacent to an activating group) is 1. The lowest BCUT2D eigenvalue weighted by atomic mass is 10.2. The first kappa shape index (κ1) is 14.3. The SMILES string of the molecule is CCN(CCC#N)C(C)C(=O)NCc1ccco1. The molecule has 1 amide bonds. The van der Waals surface area contributed by atoms with Crippen LogP contribution in [0, 0.1) is 11.3 Å². The molecule has 0 saturated carbocycles. The first-order valence-electron chi connectivity index (χ1n) is 6.10. The summed E-state index contributed by atoms with van der Waals surface area (Å²) in [6.45, 7) is 5.58. The average Bonchev–Trinajstić information content (AvgIpc) is 2.89. The average molecular weight is 249 g/mol. The molecular formula is C13H19N3O2. The van der Waals surface area contributed by atoms with Crippen LogP contribution in [0.25, 0.3) is 0 Å². The van der Waals surface area contributed by atoms with Gasteiger partial charge in [0.2, 0.25) is 5.91 Å². The van der Waals surface area contributed by atoms with Crippen molar-refractivity contribution in [1.29, 1.82) is 5.26 Å². The smallest absolute Gasteiger partial charge is 0.237 e. The quantitative estimate of drug-likeness (QED) is 0.795. The minimum Gasteiger partial charge on any atom is -0.467 e. The molecule has 0 aromatic carbocycles.